The van der Waals surface area contributed by atoms with Crippen molar-refractivity contribution in [2.45, 2.75) is 18.6 Å². The molecule has 0 saturated heterocycles. The second-order valence-electron chi connectivity index (χ2n) is 5.14. The van der Waals surface area contributed by atoms with E-state index in [1.165, 1.54) is 0 Å². The minimum absolute atomic E-state index is 0.487. The zero-order valence-electron chi connectivity index (χ0n) is 12.6. The van der Waals surface area contributed by atoms with E-state index < -0.39 is 12.2 Å². The standard InChI is InChI=1S/C17H22N2O3/c1-19-11-10-16(20)17(21)12-2-6-14(7-3-12)22-15-8-4-13(18)5-9-15/h2-9,16-17,19-21H,10-11,18H2,1H3. The summed E-state index contributed by atoms with van der Waals surface area (Å²) in [5.74, 6) is 1.35. The van der Waals surface area contributed by atoms with E-state index in [9.17, 15) is 10.2 Å². The Balaban J connectivity index is 1.99. The lowest BCUT2D eigenvalue weighted by atomic mass is 10.0. The van der Waals surface area contributed by atoms with Gasteiger partial charge in [0.15, 0.2) is 0 Å². The van der Waals surface area contributed by atoms with Gasteiger partial charge in [0.1, 0.15) is 17.6 Å². The van der Waals surface area contributed by atoms with E-state index in [1.807, 2.05) is 7.05 Å². The molecule has 0 fully saturated rings. The lowest BCUT2D eigenvalue weighted by molar-refractivity contribution is 0.0140. The van der Waals surface area contributed by atoms with Gasteiger partial charge in [-0.2, -0.15) is 0 Å². The van der Waals surface area contributed by atoms with Gasteiger partial charge in [-0.3, -0.25) is 0 Å². The van der Waals surface area contributed by atoms with Crippen molar-refractivity contribution in [1.82, 2.24) is 5.32 Å². The number of nitrogen functional groups attached to an aromatic ring is 1. The third kappa shape index (κ3) is 4.46. The predicted octanol–water partition coefficient (Wildman–Crippen LogP) is 2.06. The summed E-state index contributed by atoms with van der Waals surface area (Å²) in [7, 11) is 1.81. The highest BCUT2D eigenvalue weighted by molar-refractivity contribution is 5.43. The summed E-state index contributed by atoms with van der Waals surface area (Å²) in [5.41, 5.74) is 6.97. The molecule has 2 aromatic carbocycles. The first-order valence-electron chi connectivity index (χ1n) is 7.24. The van der Waals surface area contributed by atoms with Crippen LogP contribution in [-0.4, -0.2) is 29.9 Å². The molecule has 0 aliphatic heterocycles. The molecule has 22 heavy (non-hydrogen) atoms. The molecule has 0 saturated carbocycles. The number of hydrogen-bond acceptors (Lipinski definition) is 5. The van der Waals surface area contributed by atoms with E-state index in [1.54, 1.807) is 48.5 Å². The molecule has 0 aliphatic carbocycles. The molecule has 118 valence electrons. The van der Waals surface area contributed by atoms with E-state index >= 15 is 0 Å². The third-order valence-electron chi connectivity index (χ3n) is 3.39. The average Bonchev–Trinajstić information content (AvgIpc) is 2.55. The van der Waals surface area contributed by atoms with Crippen molar-refractivity contribution in [2.75, 3.05) is 19.3 Å². The van der Waals surface area contributed by atoms with E-state index in [0.717, 1.165) is 0 Å². The first-order valence-corrected chi connectivity index (χ1v) is 7.24. The number of rotatable bonds is 7. The topological polar surface area (TPSA) is 87.7 Å². The molecule has 0 radical (unpaired) electrons. The fourth-order valence-corrected chi connectivity index (χ4v) is 2.08. The Morgan fingerprint density at radius 3 is 2.09 bits per heavy atom. The Morgan fingerprint density at radius 2 is 1.55 bits per heavy atom. The summed E-state index contributed by atoms with van der Waals surface area (Å²) in [5, 5.41) is 22.9. The van der Waals surface area contributed by atoms with Crippen molar-refractivity contribution in [3.05, 3.63) is 54.1 Å². The maximum atomic E-state index is 10.1. The smallest absolute Gasteiger partial charge is 0.127 e. The summed E-state index contributed by atoms with van der Waals surface area (Å²) in [6, 6.07) is 14.1. The third-order valence-corrected chi connectivity index (χ3v) is 3.39. The normalized spacial score (nSPS) is 13.6. The van der Waals surface area contributed by atoms with Crippen LogP contribution in [0.5, 0.6) is 11.5 Å². The molecule has 0 amide bonds. The molecule has 0 aliphatic rings. The number of hydrogen-bond donors (Lipinski definition) is 4. The van der Waals surface area contributed by atoms with Crippen molar-refractivity contribution in [3.8, 4) is 11.5 Å². The Hall–Kier alpha value is -2.08. The van der Waals surface area contributed by atoms with E-state index in [0.29, 0.717) is 35.7 Å². The lowest BCUT2D eigenvalue weighted by Gasteiger charge is -2.18. The number of aliphatic hydroxyl groups is 2. The summed E-state index contributed by atoms with van der Waals surface area (Å²) < 4.78 is 5.68. The minimum Gasteiger partial charge on any atom is -0.457 e. The SMILES string of the molecule is CNCCC(O)C(O)c1ccc(Oc2ccc(N)cc2)cc1. The molecule has 5 nitrogen and oxygen atoms in total. The Kier molecular flexibility index (Phi) is 5.77. The van der Waals surface area contributed by atoms with Gasteiger partial charge >= 0.3 is 0 Å². The van der Waals surface area contributed by atoms with Crippen LogP contribution in [-0.2, 0) is 0 Å². The van der Waals surface area contributed by atoms with E-state index in [-0.39, 0.29) is 0 Å². The van der Waals surface area contributed by atoms with Crippen molar-refractivity contribution in [2.24, 2.45) is 0 Å². The zero-order valence-corrected chi connectivity index (χ0v) is 12.6. The number of nitrogens with one attached hydrogen (secondary N) is 1. The quantitative estimate of drug-likeness (QED) is 0.588. The summed E-state index contributed by atoms with van der Waals surface area (Å²) in [6.07, 6.45) is -1.21. The number of benzene rings is 2. The number of nitrogens with two attached hydrogens (primary N) is 1. The van der Waals surface area contributed by atoms with Crippen LogP contribution in [0.1, 0.15) is 18.1 Å². The van der Waals surface area contributed by atoms with Gasteiger partial charge < -0.3 is 26.0 Å². The van der Waals surface area contributed by atoms with E-state index in [4.69, 9.17) is 10.5 Å². The van der Waals surface area contributed by atoms with Crippen LogP contribution in [0.25, 0.3) is 0 Å². The van der Waals surface area contributed by atoms with Crippen molar-refractivity contribution in [1.29, 1.82) is 0 Å². The van der Waals surface area contributed by atoms with Gasteiger partial charge in [0.2, 0.25) is 0 Å². The number of anilines is 1. The molecule has 2 rings (SSSR count). The Bertz CT molecular complexity index is 569. The zero-order chi connectivity index (χ0) is 15.9. The summed E-state index contributed by atoms with van der Waals surface area (Å²) >= 11 is 0. The Morgan fingerprint density at radius 1 is 1.00 bits per heavy atom. The number of aliphatic hydroxyl groups excluding tert-OH is 2. The van der Waals surface area contributed by atoms with Crippen LogP contribution in [0.3, 0.4) is 0 Å². The first-order chi connectivity index (χ1) is 10.6. The van der Waals surface area contributed by atoms with Gasteiger partial charge in [-0.1, -0.05) is 12.1 Å². The molecular weight excluding hydrogens is 280 g/mol. The van der Waals surface area contributed by atoms with Crippen LogP contribution in [0, 0.1) is 0 Å². The highest BCUT2D eigenvalue weighted by Crippen LogP contribution is 2.25. The van der Waals surface area contributed by atoms with Crippen LogP contribution in [0.15, 0.2) is 48.5 Å². The maximum Gasteiger partial charge on any atom is 0.127 e. The molecule has 2 unspecified atom stereocenters. The van der Waals surface area contributed by atoms with Gasteiger partial charge in [0.05, 0.1) is 6.10 Å². The molecule has 0 heterocycles. The van der Waals surface area contributed by atoms with Crippen LogP contribution in [0.2, 0.25) is 0 Å². The summed E-state index contributed by atoms with van der Waals surface area (Å²) in [4.78, 5) is 0. The molecule has 5 heteroatoms. The maximum absolute atomic E-state index is 10.1. The molecule has 0 bridgehead atoms. The van der Waals surface area contributed by atoms with Crippen molar-refractivity contribution < 1.29 is 14.9 Å². The average molecular weight is 302 g/mol. The van der Waals surface area contributed by atoms with Crippen LogP contribution >= 0.6 is 0 Å². The monoisotopic (exact) mass is 302 g/mol. The predicted molar refractivity (Wildman–Crippen MR) is 86.9 cm³/mol. The fourth-order valence-electron chi connectivity index (χ4n) is 2.08. The minimum atomic E-state index is -0.904. The first kappa shape index (κ1) is 16.3. The van der Waals surface area contributed by atoms with Crippen LogP contribution < -0.4 is 15.8 Å². The fraction of sp³-hybridized carbons (Fsp3) is 0.294. The molecule has 2 aromatic rings. The number of ether oxygens (including phenoxy) is 1. The Labute approximate surface area is 130 Å². The summed E-state index contributed by atoms with van der Waals surface area (Å²) in [6.45, 7) is 0.649. The largest absolute Gasteiger partial charge is 0.457 e. The molecule has 2 atom stereocenters. The highest BCUT2D eigenvalue weighted by atomic mass is 16.5. The molecule has 0 aromatic heterocycles. The second-order valence-corrected chi connectivity index (χ2v) is 5.14. The van der Waals surface area contributed by atoms with E-state index in [2.05, 4.69) is 5.32 Å². The van der Waals surface area contributed by atoms with Crippen molar-refractivity contribution in [3.63, 3.8) is 0 Å². The van der Waals surface area contributed by atoms with Crippen molar-refractivity contribution >= 4 is 5.69 Å². The molecule has 0 spiro atoms. The molecular formula is C17H22N2O3. The van der Waals surface area contributed by atoms with Crippen LogP contribution in [0.4, 0.5) is 5.69 Å². The second kappa shape index (κ2) is 7.79. The molecule has 5 N–H and O–H groups in total. The van der Waals surface area contributed by atoms with Gasteiger partial charge in [0, 0.05) is 5.69 Å². The van der Waals surface area contributed by atoms with Gasteiger partial charge in [-0.25, -0.2) is 0 Å². The van der Waals surface area contributed by atoms with Gasteiger partial charge in [-0.05, 0) is 62.0 Å². The lowest BCUT2D eigenvalue weighted by Crippen LogP contribution is -2.23. The highest BCUT2D eigenvalue weighted by Gasteiger charge is 2.17. The van der Waals surface area contributed by atoms with Gasteiger partial charge in [-0.15, -0.1) is 0 Å². The van der Waals surface area contributed by atoms with Gasteiger partial charge in [0.25, 0.3) is 0 Å².